The minimum atomic E-state index is -5.92. The van der Waals surface area contributed by atoms with Gasteiger partial charge in [-0.25, -0.2) is 17.2 Å². The highest BCUT2D eigenvalue weighted by molar-refractivity contribution is 7.90. The second-order valence-corrected chi connectivity index (χ2v) is 11.5. The van der Waals surface area contributed by atoms with Crippen molar-refractivity contribution in [3.63, 3.8) is 0 Å². The van der Waals surface area contributed by atoms with Gasteiger partial charge in [-0.15, -0.1) is 0 Å². The predicted molar refractivity (Wildman–Crippen MR) is 125 cm³/mol. The molecule has 204 valence electrons. The molecule has 0 bridgehead atoms. The maximum atomic E-state index is 14.6. The van der Waals surface area contributed by atoms with Gasteiger partial charge in [-0.2, -0.15) is 31.4 Å². The summed E-state index contributed by atoms with van der Waals surface area (Å²) >= 11 is 0. The van der Waals surface area contributed by atoms with Gasteiger partial charge in [0.25, 0.3) is 0 Å². The molecule has 2 aromatic rings. The Labute approximate surface area is 213 Å². The Hall–Kier alpha value is -3.00. The van der Waals surface area contributed by atoms with Crippen molar-refractivity contribution in [3.05, 3.63) is 65.5 Å². The zero-order chi connectivity index (χ0) is 27.5. The minimum Gasteiger partial charge on any atom is -0.257 e. The maximum absolute atomic E-state index is 14.6. The highest BCUT2D eigenvalue weighted by Crippen LogP contribution is 2.45. The van der Waals surface area contributed by atoms with Crippen LogP contribution in [0.15, 0.2) is 47.7 Å². The Morgan fingerprint density at radius 2 is 1.74 bits per heavy atom. The first-order chi connectivity index (χ1) is 17.8. The van der Waals surface area contributed by atoms with Crippen LogP contribution in [0.3, 0.4) is 0 Å². The molecule has 1 aromatic carbocycles. The molecule has 0 amide bonds. The van der Waals surface area contributed by atoms with Crippen molar-refractivity contribution in [2.24, 2.45) is 5.10 Å². The number of rotatable bonds is 6. The quantitative estimate of drug-likeness (QED) is 0.440. The fraction of sp³-hybridized carbons (Fsp3) is 0.417. The smallest absolute Gasteiger partial charge is 0.257 e. The van der Waals surface area contributed by atoms with Crippen molar-refractivity contribution in [2.75, 3.05) is 18.1 Å². The second kappa shape index (κ2) is 9.33. The van der Waals surface area contributed by atoms with E-state index < -0.39 is 57.6 Å². The number of aromatic nitrogens is 1. The van der Waals surface area contributed by atoms with Crippen LogP contribution >= 0.6 is 0 Å². The van der Waals surface area contributed by atoms with E-state index in [1.807, 2.05) is 0 Å². The molecular formula is C24H21F7N4O2S. The summed E-state index contributed by atoms with van der Waals surface area (Å²) in [5.41, 5.74) is -0.699. The summed E-state index contributed by atoms with van der Waals surface area (Å²) in [5.74, 6) is -7.41. The number of nitrogens with zero attached hydrogens (tertiary/aromatic N) is 4. The molecule has 1 aromatic heterocycles. The van der Waals surface area contributed by atoms with E-state index in [0.29, 0.717) is 41.6 Å². The van der Waals surface area contributed by atoms with Crippen molar-refractivity contribution in [1.82, 2.24) is 9.29 Å². The number of hydrogen-bond donors (Lipinski definition) is 0. The number of anilines is 1. The van der Waals surface area contributed by atoms with Gasteiger partial charge in [0.15, 0.2) is 5.82 Å². The Bertz CT molecular complexity index is 1420. The van der Waals surface area contributed by atoms with Gasteiger partial charge in [-0.1, -0.05) is 6.08 Å². The Kier molecular flexibility index (Phi) is 6.53. The van der Waals surface area contributed by atoms with E-state index in [0.717, 1.165) is 12.1 Å². The van der Waals surface area contributed by atoms with Crippen LogP contribution in [0.25, 0.3) is 5.57 Å². The average molecular weight is 563 g/mol. The van der Waals surface area contributed by atoms with Crippen LogP contribution in [0.4, 0.5) is 36.4 Å². The third-order valence-electron chi connectivity index (χ3n) is 6.76. The van der Waals surface area contributed by atoms with E-state index in [4.69, 9.17) is 0 Å². The number of hydrazone groups is 1. The Morgan fingerprint density at radius 1 is 1.00 bits per heavy atom. The molecule has 1 unspecified atom stereocenters. The Balaban J connectivity index is 1.47. The van der Waals surface area contributed by atoms with E-state index >= 15 is 0 Å². The molecule has 38 heavy (non-hydrogen) atoms. The van der Waals surface area contributed by atoms with Gasteiger partial charge in [0, 0.05) is 31.8 Å². The zero-order valence-corrected chi connectivity index (χ0v) is 20.4. The van der Waals surface area contributed by atoms with Gasteiger partial charge in [0.2, 0.25) is 10.0 Å². The van der Waals surface area contributed by atoms with E-state index in [2.05, 4.69) is 10.1 Å². The van der Waals surface area contributed by atoms with Crippen LogP contribution in [-0.2, 0) is 10.0 Å². The molecule has 1 fully saturated rings. The monoisotopic (exact) mass is 562 g/mol. The van der Waals surface area contributed by atoms with Gasteiger partial charge < -0.3 is 0 Å². The lowest BCUT2D eigenvalue weighted by Gasteiger charge is -2.27. The summed E-state index contributed by atoms with van der Waals surface area (Å²) in [6, 6.07) is 3.83. The number of halogens is 7. The third-order valence-corrected chi connectivity index (χ3v) is 9.13. The van der Waals surface area contributed by atoms with Crippen LogP contribution in [-0.4, -0.2) is 53.9 Å². The van der Waals surface area contributed by atoms with Gasteiger partial charge in [0.1, 0.15) is 11.5 Å². The number of pyridine rings is 1. The van der Waals surface area contributed by atoms with Gasteiger partial charge >= 0.3 is 12.1 Å². The highest BCUT2D eigenvalue weighted by Gasteiger charge is 2.63. The minimum absolute atomic E-state index is 0.126. The fourth-order valence-corrected chi connectivity index (χ4v) is 6.31. The number of hydrogen-bond acceptors (Lipinski definition) is 5. The molecule has 1 aliphatic carbocycles. The molecular weight excluding hydrogens is 541 g/mol. The van der Waals surface area contributed by atoms with Crippen molar-refractivity contribution in [2.45, 2.75) is 49.1 Å². The molecule has 0 saturated heterocycles. The molecule has 3 heterocycles. The van der Waals surface area contributed by atoms with E-state index in [-0.39, 0.29) is 23.9 Å². The largest absolute Gasteiger partial charge is 0.459 e. The summed E-state index contributed by atoms with van der Waals surface area (Å²) in [5, 5.41) is 3.79. The van der Waals surface area contributed by atoms with Crippen molar-refractivity contribution in [3.8, 4) is 0 Å². The molecule has 2 aliphatic heterocycles. The van der Waals surface area contributed by atoms with Crippen LogP contribution in [0, 0.1) is 11.6 Å². The molecule has 6 nitrogen and oxygen atoms in total. The van der Waals surface area contributed by atoms with Crippen molar-refractivity contribution in [1.29, 1.82) is 0 Å². The molecule has 0 N–H and O–H groups in total. The number of sulfonamides is 1. The lowest BCUT2D eigenvalue weighted by molar-refractivity contribution is -0.249. The van der Waals surface area contributed by atoms with Gasteiger partial charge in [0.05, 0.1) is 22.7 Å². The van der Waals surface area contributed by atoms with Gasteiger partial charge in [-0.05, 0) is 54.7 Å². The van der Waals surface area contributed by atoms with Crippen LogP contribution in [0.5, 0.6) is 0 Å². The van der Waals surface area contributed by atoms with E-state index in [1.54, 1.807) is 6.08 Å². The molecule has 5 rings (SSSR count). The molecule has 14 heteroatoms. The second-order valence-electron chi connectivity index (χ2n) is 9.34. The van der Waals surface area contributed by atoms with Crippen LogP contribution in [0.2, 0.25) is 0 Å². The maximum Gasteiger partial charge on any atom is 0.459 e. The summed E-state index contributed by atoms with van der Waals surface area (Å²) in [7, 11) is -3.37. The molecule has 1 atom stereocenters. The first kappa shape index (κ1) is 26.6. The molecule has 1 saturated carbocycles. The SMILES string of the molecule is O=S(=O)(C1CC1)N1CC=C(c2cc(C3CC(C(F)(F)C(F)(F)F)=NN3c3ccc(F)cc3F)ccn2)CC1. The Morgan fingerprint density at radius 3 is 2.34 bits per heavy atom. The van der Waals surface area contributed by atoms with Crippen LogP contribution in [0.1, 0.15) is 43.0 Å². The summed E-state index contributed by atoms with van der Waals surface area (Å²) in [6.07, 6.45) is -2.21. The number of benzene rings is 1. The van der Waals surface area contributed by atoms with E-state index in [1.165, 1.54) is 22.6 Å². The topological polar surface area (TPSA) is 65.9 Å². The first-order valence-electron chi connectivity index (χ1n) is 11.7. The summed E-state index contributed by atoms with van der Waals surface area (Å²) in [6.45, 7) is 0.347. The lowest BCUT2D eigenvalue weighted by atomic mass is 9.96. The standard InChI is InChI=1S/C24H21F7N4O2S/c25-16-1-4-20(18(26)12-16)35-21(13-22(33-35)23(27,28)24(29,30)31)15-5-8-32-19(11-15)14-6-9-34(10-7-14)38(36,37)17-2-3-17/h1,4-6,8,11-12,17,21H,2-3,7,9-10,13H2. The lowest BCUT2D eigenvalue weighted by Crippen LogP contribution is -2.43. The predicted octanol–water partition coefficient (Wildman–Crippen LogP) is 5.45. The van der Waals surface area contributed by atoms with Crippen LogP contribution < -0.4 is 5.01 Å². The average Bonchev–Trinajstić information content (AvgIpc) is 3.63. The van der Waals surface area contributed by atoms with Gasteiger partial charge in [-0.3, -0.25) is 9.99 Å². The summed E-state index contributed by atoms with van der Waals surface area (Å²) < 4.78 is 122. The zero-order valence-electron chi connectivity index (χ0n) is 19.6. The van der Waals surface area contributed by atoms with Crippen molar-refractivity contribution < 1.29 is 39.2 Å². The normalized spacial score (nSPS) is 21.4. The first-order valence-corrected chi connectivity index (χ1v) is 13.2. The fourth-order valence-electron chi connectivity index (χ4n) is 4.53. The highest BCUT2D eigenvalue weighted by atomic mass is 32.2. The molecule has 3 aliphatic rings. The molecule has 0 spiro atoms. The summed E-state index contributed by atoms with van der Waals surface area (Å²) in [4.78, 5) is 4.26. The number of alkyl halides is 5. The van der Waals surface area contributed by atoms with Crippen molar-refractivity contribution >= 4 is 27.0 Å². The third kappa shape index (κ3) is 4.79. The molecule has 0 radical (unpaired) electrons. The van der Waals surface area contributed by atoms with E-state index in [9.17, 15) is 39.2 Å².